The monoisotopic (exact) mass is 463 g/mol. The molecular weight excluding hydrogens is 442 g/mol. The van der Waals surface area contributed by atoms with Gasteiger partial charge in [0.2, 0.25) is 0 Å². The lowest BCUT2D eigenvalue weighted by Gasteiger charge is -2.17. The second-order valence-corrected chi connectivity index (χ2v) is 7.97. The molecule has 3 aromatic carbocycles. The van der Waals surface area contributed by atoms with Crippen LogP contribution in [0.1, 0.15) is 34.7 Å². The summed E-state index contributed by atoms with van der Waals surface area (Å²) >= 11 is 3.40. The molecule has 0 fully saturated rings. The fourth-order valence-corrected chi connectivity index (χ4v) is 3.80. The van der Waals surface area contributed by atoms with Crippen molar-refractivity contribution in [2.24, 2.45) is 0 Å². The van der Waals surface area contributed by atoms with E-state index in [9.17, 15) is 4.79 Å². The zero-order valence-electron chi connectivity index (χ0n) is 16.8. The Kier molecular flexibility index (Phi) is 5.86. The molecule has 4 rings (SSSR count). The van der Waals surface area contributed by atoms with Gasteiger partial charge in [0.15, 0.2) is 0 Å². The Morgan fingerprint density at radius 3 is 2.53 bits per heavy atom. The molecule has 1 amide bonds. The van der Waals surface area contributed by atoms with Crippen LogP contribution in [0.4, 0.5) is 0 Å². The Morgan fingerprint density at radius 2 is 1.77 bits per heavy atom. The van der Waals surface area contributed by atoms with Crippen molar-refractivity contribution in [2.45, 2.75) is 19.5 Å². The van der Waals surface area contributed by atoms with Crippen LogP contribution in [0, 0.1) is 0 Å². The maximum Gasteiger partial charge on any atom is 0.251 e. The average Bonchev–Trinajstić information content (AvgIpc) is 3.13. The number of rotatable bonds is 6. The molecule has 0 aliphatic heterocycles. The first-order valence-corrected chi connectivity index (χ1v) is 10.5. The molecule has 1 heterocycles. The quantitative estimate of drug-likeness (QED) is 0.419. The third-order valence-corrected chi connectivity index (χ3v) is 5.58. The SMILES string of the molecule is COc1ccccc1Cn1c(C(C)NC(=O)c2ccc(Br)cc2)nc2ccccc21. The second kappa shape index (κ2) is 8.71. The molecule has 4 aromatic rings. The van der Waals surface area contributed by atoms with Crippen LogP contribution in [0.3, 0.4) is 0 Å². The summed E-state index contributed by atoms with van der Waals surface area (Å²) in [6.45, 7) is 2.55. The van der Waals surface area contributed by atoms with Crippen LogP contribution in [0.5, 0.6) is 5.75 Å². The van der Waals surface area contributed by atoms with Crippen molar-refractivity contribution in [3.8, 4) is 5.75 Å². The van der Waals surface area contributed by atoms with E-state index in [2.05, 4.69) is 25.8 Å². The molecule has 0 saturated carbocycles. The van der Waals surface area contributed by atoms with Crippen molar-refractivity contribution >= 4 is 32.9 Å². The van der Waals surface area contributed by atoms with E-state index in [1.54, 1.807) is 19.2 Å². The van der Waals surface area contributed by atoms with Crippen LogP contribution in [0.25, 0.3) is 11.0 Å². The predicted molar refractivity (Wildman–Crippen MR) is 122 cm³/mol. The van der Waals surface area contributed by atoms with Crippen LogP contribution in [0.15, 0.2) is 77.3 Å². The molecule has 5 nitrogen and oxygen atoms in total. The summed E-state index contributed by atoms with van der Waals surface area (Å²) < 4.78 is 8.61. The average molecular weight is 464 g/mol. The van der Waals surface area contributed by atoms with Gasteiger partial charge < -0.3 is 14.6 Å². The number of nitrogens with one attached hydrogen (secondary N) is 1. The number of imidazole rings is 1. The lowest BCUT2D eigenvalue weighted by molar-refractivity contribution is 0.0937. The van der Waals surface area contributed by atoms with Crippen molar-refractivity contribution in [3.63, 3.8) is 0 Å². The van der Waals surface area contributed by atoms with Crippen LogP contribution < -0.4 is 10.1 Å². The number of methoxy groups -OCH3 is 1. The van der Waals surface area contributed by atoms with Gasteiger partial charge in [0.1, 0.15) is 11.6 Å². The number of hydrogen-bond donors (Lipinski definition) is 1. The number of ether oxygens (including phenoxy) is 1. The van der Waals surface area contributed by atoms with E-state index in [4.69, 9.17) is 9.72 Å². The molecule has 1 atom stereocenters. The van der Waals surface area contributed by atoms with Gasteiger partial charge in [0.25, 0.3) is 5.91 Å². The molecule has 0 bridgehead atoms. The third kappa shape index (κ3) is 4.09. The normalized spacial score (nSPS) is 12.0. The molecule has 0 aliphatic carbocycles. The zero-order valence-corrected chi connectivity index (χ0v) is 18.4. The first kappa shape index (κ1) is 20.2. The van der Waals surface area contributed by atoms with E-state index in [1.165, 1.54) is 0 Å². The van der Waals surface area contributed by atoms with Gasteiger partial charge in [-0.2, -0.15) is 0 Å². The molecule has 0 saturated heterocycles. The van der Waals surface area contributed by atoms with E-state index < -0.39 is 0 Å². The van der Waals surface area contributed by atoms with E-state index >= 15 is 0 Å². The number of carbonyl (C=O) groups is 1. The van der Waals surface area contributed by atoms with Crippen molar-refractivity contribution in [1.82, 2.24) is 14.9 Å². The Balaban J connectivity index is 1.68. The molecule has 0 aliphatic rings. The Hall–Kier alpha value is -3.12. The van der Waals surface area contributed by atoms with Crippen molar-refractivity contribution in [3.05, 3.63) is 94.2 Å². The highest BCUT2D eigenvalue weighted by Crippen LogP contribution is 2.26. The maximum absolute atomic E-state index is 12.7. The van der Waals surface area contributed by atoms with Crippen LogP contribution in [-0.2, 0) is 6.54 Å². The first-order chi connectivity index (χ1) is 14.6. The Morgan fingerprint density at radius 1 is 1.07 bits per heavy atom. The number of nitrogens with zero attached hydrogens (tertiary/aromatic N) is 2. The molecule has 0 radical (unpaired) electrons. The molecule has 1 N–H and O–H groups in total. The van der Waals surface area contributed by atoms with Gasteiger partial charge in [-0.15, -0.1) is 0 Å². The van der Waals surface area contributed by atoms with Gasteiger partial charge in [-0.1, -0.05) is 46.3 Å². The van der Waals surface area contributed by atoms with Gasteiger partial charge in [-0.05, 0) is 49.4 Å². The molecule has 30 heavy (non-hydrogen) atoms. The van der Waals surface area contributed by atoms with Gasteiger partial charge in [-0.25, -0.2) is 4.98 Å². The Labute approximate surface area is 183 Å². The topological polar surface area (TPSA) is 56.1 Å². The summed E-state index contributed by atoms with van der Waals surface area (Å²) in [5, 5.41) is 3.08. The zero-order chi connectivity index (χ0) is 21.1. The molecule has 152 valence electrons. The summed E-state index contributed by atoms with van der Waals surface area (Å²) in [6, 6.07) is 23.0. The second-order valence-electron chi connectivity index (χ2n) is 7.06. The van der Waals surface area contributed by atoms with Gasteiger partial charge in [0.05, 0.1) is 30.7 Å². The Bertz CT molecular complexity index is 1180. The highest BCUT2D eigenvalue weighted by atomic mass is 79.9. The summed E-state index contributed by atoms with van der Waals surface area (Å²) in [4.78, 5) is 17.6. The molecule has 0 spiro atoms. The highest BCUT2D eigenvalue weighted by molar-refractivity contribution is 9.10. The first-order valence-electron chi connectivity index (χ1n) is 9.70. The number of amides is 1. The van der Waals surface area contributed by atoms with E-state index in [0.717, 1.165) is 32.6 Å². The number of benzene rings is 3. The minimum atomic E-state index is -0.275. The molecule has 1 aromatic heterocycles. The lowest BCUT2D eigenvalue weighted by atomic mass is 10.1. The summed E-state index contributed by atoms with van der Waals surface area (Å²) in [7, 11) is 1.67. The fourth-order valence-electron chi connectivity index (χ4n) is 3.54. The largest absolute Gasteiger partial charge is 0.496 e. The van der Waals surface area contributed by atoms with Crippen LogP contribution in [0.2, 0.25) is 0 Å². The molecule has 6 heteroatoms. The number of halogens is 1. The standard InChI is InChI=1S/C24H22BrN3O2/c1-16(26-24(29)17-11-13-19(25)14-12-17)23-27-20-8-4-5-9-21(20)28(23)15-18-7-3-6-10-22(18)30-2/h3-14,16H,15H2,1-2H3,(H,26,29). The highest BCUT2D eigenvalue weighted by Gasteiger charge is 2.20. The van der Waals surface area contributed by atoms with E-state index in [-0.39, 0.29) is 11.9 Å². The van der Waals surface area contributed by atoms with Crippen LogP contribution in [-0.4, -0.2) is 22.6 Å². The lowest BCUT2D eigenvalue weighted by Crippen LogP contribution is -2.28. The maximum atomic E-state index is 12.7. The van der Waals surface area contributed by atoms with E-state index in [0.29, 0.717) is 12.1 Å². The number of para-hydroxylation sites is 3. The minimum Gasteiger partial charge on any atom is -0.496 e. The minimum absolute atomic E-state index is 0.133. The van der Waals surface area contributed by atoms with Gasteiger partial charge in [0, 0.05) is 15.6 Å². The van der Waals surface area contributed by atoms with E-state index in [1.807, 2.05) is 67.6 Å². The number of aromatic nitrogens is 2. The summed E-state index contributed by atoms with van der Waals surface area (Å²) in [5.41, 5.74) is 3.57. The fraction of sp³-hybridized carbons (Fsp3) is 0.167. The molecule has 1 unspecified atom stereocenters. The smallest absolute Gasteiger partial charge is 0.251 e. The van der Waals surface area contributed by atoms with Crippen LogP contribution >= 0.6 is 15.9 Å². The third-order valence-electron chi connectivity index (χ3n) is 5.05. The summed E-state index contributed by atoms with van der Waals surface area (Å²) in [6.07, 6.45) is 0. The number of hydrogen-bond acceptors (Lipinski definition) is 3. The number of carbonyl (C=O) groups excluding carboxylic acids is 1. The van der Waals surface area contributed by atoms with Gasteiger partial charge in [-0.3, -0.25) is 4.79 Å². The number of fused-ring (bicyclic) bond motifs is 1. The van der Waals surface area contributed by atoms with Crippen molar-refractivity contribution in [2.75, 3.05) is 7.11 Å². The predicted octanol–water partition coefficient (Wildman–Crippen LogP) is 5.35. The molecular formula is C24H22BrN3O2. The van der Waals surface area contributed by atoms with Crippen molar-refractivity contribution < 1.29 is 9.53 Å². The summed E-state index contributed by atoms with van der Waals surface area (Å²) in [5.74, 6) is 1.49. The van der Waals surface area contributed by atoms with Crippen molar-refractivity contribution in [1.29, 1.82) is 0 Å². The van der Waals surface area contributed by atoms with Gasteiger partial charge >= 0.3 is 0 Å².